The van der Waals surface area contributed by atoms with E-state index in [9.17, 15) is 9.59 Å². The van der Waals surface area contributed by atoms with Gasteiger partial charge < -0.3 is 14.7 Å². The maximum atomic E-state index is 13.2. The summed E-state index contributed by atoms with van der Waals surface area (Å²) < 4.78 is 0. The number of benzene rings is 3. The summed E-state index contributed by atoms with van der Waals surface area (Å²) >= 11 is 0. The van der Waals surface area contributed by atoms with Gasteiger partial charge >= 0.3 is 0 Å². The smallest absolute Gasteiger partial charge is 0.242 e. The fourth-order valence-electron chi connectivity index (χ4n) is 4.20. The molecule has 3 aromatic carbocycles. The van der Waals surface area contributed by atoms with E-state index in [1.807, 2.05) is 114 Å². The third-order valence-electron chi connectivity index (χ3n) is 6.20. The molecule has 0 bridgehead atoms. The van der Waals surface area contributed by atoms with Crippen molar-refractivity contribution in [3.63, 3.8) is 0 Å². The third-order valence-corrected chi connectivity index (χ3v) is 6.20. The highest BCUT2D eigenvalue weighted by Crippen LogP contribution is 2.24. The summed E-state index contributed by atoms with van der Waals surface area (Å²) in [7, 11) is 1.91. The summed E-state index contributed by atoms with van der Waals surface area (Å²) in [6.07, 6.45) is 2.01. The van der Waals surface area contributed by atoms with E-state index in [0.717, 1.165) is 28.0 Å². The van der Waals surface area contributed by atoms with Crippen LogP contribution in [0.2, 0.25) is 0 Å². The molecule has 1 heterocycles. The van der Waals surface area contributed by atoms with Gasteiger partial charge in [0.05, 0.1) is 13.1 Å². The Morgan fingerprint density at radius 1 is 0.886 bits per heavy atom. The van der Waals surface area contributed by atoms with Crippen LogP contribution in [0.3, 0.4) is 0 Å². The van der Waals surface area contributed by atoms with Gasteiger partial charge in [-0.1, -0.05) is 97.6 Å². The Balaban J connectivity index is 1.44. The van der Waals surface area contributed by atoms with E-state index in [1.54, 1.807) is 4.90 Å². The number of amides is 2. The Hall–Kier alpha value is -4.12. The minimum Gasteiger partial charge on any atom is -0.365 e. The molecule has 2 amide bonds. The maximum absolute atomic E-state index is 13.2. The molecule has 0 spiro atoms. The Morgan fingerprint density at radius 2 is 1.46 bits per heavy atom. The van der Waals surface area contributed by atoms with Crippen LogP contribution in [0.5, 0.6) is 0 Å². The highest BCUT2D eigenvalue weighted by Gasteiger charge is 2.28. The fraction of sp³-hybridized carbons (Fsp3) is 0.200. The molecule has 0 saturated carbocycles. The molecule has 0 radical (unpaired) electrons. The molecule has 178 valence electrons. The van der Waals surface area contributed by atoms with Crippen molar-refractivity contribution in [1.82, 2.24) is 14.7 Å². The first-order valence-corrected chi connectivity index (χ1v) is 11.8. The number of nitrogens with zero attached hydrogens (tertiary/aromatic N) is 3. The van der Waals surface area contributed by atoms with Crippen molar-refractivity contribution < 1.29 is 9.59 Å². The molecule has 35 heavy (non-hydrogen) atoms. The number of likely N-dealkylation sites (N-methyl/N-ethyl adjacent to an activating group) is 1. The zero-order chi connectivity index (χ0) is 24.6. The largest absolute Gasteiger partial charge is 0.365 e. The van der Waals surface area contributed by atoms with E-state index in [4.69, 9.17) is 0 Å². The number of allylic oxidation sites excluding steroid dienone is 2. The van der Waals surface area contributed by atoms with Gasteiger partial charge in [-0.25, -0.2) is 0 Å². The molecule has 3 aromatic rings. The summed E-state index contributed by atoms with van der Waals surface area (Å²) in [5.41, 5.74) is 4.90. The highest BCUT2D eigenvalue weighted by molar-refractivity contribution is 5.88. The van der Waals surface area contributed by atoms with Crippen molar-refractivity contribution in [2.24, 2.45) is 0 Å². The Bertz CT molecular complexity index is 1190. The molecule has 0 N–H and O–H groups in total. The van der Waals surface area contributed by atoms with Gasteiger partial charge in [0.1, 0.15) is 0 Å². The first kappa shape index (κ1) is 24.0. The fourth-order valence-corrected chi connectivity index (χ4v) is 4.20. The Kier molecular flexibility index (Phi) is 7.78. The van der Waals surface area contributed by atoms with Crippen LogP contribution < -0.4 is 0 Å². The molecule has 1 aliphatic rings. The van der Waals surface area contributed by atoms with Gasteiger partial charge in [-0.3, -0.25) is 9.59 Å². The summed E-state index contributed by atoms with van der Waals surface area (Å²) in [6.45, 7) is 6.18. The summed E-state index contributed by atoms with van der Waals surface area (Å²) in [5.74, 6) is -0.0836. The second kappa shape index (κ2) is 11.3. The van der Waals surface area contributed by atoms with Crippen LogP contribution in [0.4, 0.5) is 0 Å². The molecular weight excluding hydrogens is 434 g/mol. The van der Waals surface area contributed by atoms with E-state index < -0.39 is 0 Å². The second-order valence-corrected chi connectivity index (χ2v) is 8.76. The predicted molar refractivity (Wildman–Crippen MR) is 141 cm³/mol. The summed E-state index contributed by atoms with van der Waals surface area (Å²) in [5, 5.41) is 0. The lowest BCUT2D eigenvalue weighted by molar-refractivity contribution is -0.145. The number of piperazine rings is 1. The van der Waals surface area contributed by atoms with Crippen molar-refractivity contribution >= 4 is 23.1 Å². The Morgan fingerprint density at radius 3 is 2.06 bits per heavy atom. The summed E-state index contributed by atoms with van der Waals surface area (Å²) in [6, 6.07) is 29.9. The number of rotatable bonds is 8. The van der Waals surface area contributed by atoms with Gasteiger partial charge in [-0.2, -0.15) is 0 Å². The molecule has 5 heteroatoms. The monoisotopic (exact) mass is 465 g/mol. The molecular formula is C30H31N3O2. The first-order valence-electron chi connectivity index (χ1n) is 11.8. The zero-order valence-corrected chi connectivity index (χ0v) is 20.1. The van der Waals surface area contributed by atoms with Gasteiger partial charge in [0.15, 0.2) is 0 Å². The average molecular weight is 466 g/mol. The lowest BCUT2D eigenvalue weighted by Crippen LogP contribution is -2.53. The van der Waals surface area contributed by atoms with Crippen molar-refractivity contribution in [1.29, 1.82) is 0 Å². The van der Waals surface area contributed by atoms with Crippen LogP contribution in [-0.4, -0.2) is 59.7 Å². The van der Waals surface area contributed by atoms with Crippen LogP contribution in [0.25, 0.3) is 11.3 Å². The van der Waals surface area contributed by atoms with Crippen LogP contribution >= 0.6 is 0 Å². The van der Waals surface area contributed by atoms with Gasteiger partial charge in [0, 0.05) is 32.4 Å². The maximum Gasteiger partial charge on any atom is 0.242 e. The molecule has 5 nitrogen and oxygen atoms in total. The lowest BCUT2D eigenvalue weighted by Gasteiger charge is -2.35. The number of hydrogen-bond donors (Lipinski definition) is 0. The van der Waals surface area contributed by atoms with Crippen molar-refractivity contribution in [3.8, 4) is 0 Å². The van der Waals surface area contributed by atoms with Crippen LogP contribution in [0, 0.1) is 0 Å². The van der Waals surface area contributed by atoms with E-state index in [1.165, 1.54) is 0 Å². The minimum atomic E-state index is -0.0626. The molecule has 4 rings (SSSR count). The Labute approximate surface area is 207 Å². The molecule has 0 aromatic heterocycles. The van der Waals surface area contributed by atoms with Crippen molar-refractivity contribution in [2.75, 3.05) is 33.2 Å². The van der Waals surface area contributed by atoms with E-state index >= 15 is 0 Å². The van der Waals surface area contributed by atoms with Crippen molar-refractivity contribution in [2.45, 2.75) is 6.54 Å². The van der Waals surface area contributed by atoms with Crippen LogP contribution in [0.15, 0.2) is 104 Å². The number of carbonyl (C=O) groups excluding carboxylic acids is 2. The lowest BCUT2D eigenvalue weighted by atomic mass is 10.0. The van der Waals surface area contributed by atoms with E-state index in [-0.39, 0.29) is 24.9 Å². The van der Waals surface area contributed by atoms with Crippen LogP contribution in [0.1, 0.15) is 16.7 Å². The third kappa shape index (κ3) is 6.27. The molecule has 1 aliphatic heterocycles. The molecule has 1 fully saturated rings. The topological polar surface area (TPSA) is 43.9 Å². The number of hydrogen-bond acceptors (Lipinski definition) is 3. The minimum absolute atomic E-state index is 0.0209. The van der Waals surface area contributed by atoms with E-state index in [0.29, 0.717) is 19.6 Å². The molecule has 0 unspecified atom stereocenters. The molecule has 1 saturated heterocycles. The highest BCUT2D eigenvalue weighted by atomic mass is 16.2. The summed E-state index contributed by atoms with van der Waals surface area (Å²) in [4.78, 5) is 31.3. The number of carbonyl (C=O) groups is 2. The molecule has 0 atom stereocenters. The van der Waals surface area contributed by atoms with Crippen molar-refractivity contribution in [3.05, 3.63) is 120 Å². The second-order valence-electron chi connectivity index (χ2n) is 8.76. The van der Waals surface area contributed by atoms with Gasteiger partial charge in [0.25, 0.3) is 0 Å². The average Bonchev–Trinajstić information content (AvgIpc) is 2.89. The van der Waals surface area contributed by atoms with Crippen LogP contribution in [-0.2, 0) is 16.1 Å². The zero-order valence-electron chi connectivity index (χ0n) is 20.1. The quantitative estimate of drug-likeness (QED) is 0.459. The normalized spacial score (nSPS) is 14.1. The first-order chi connectivity index (χ1) is 17.0. The standard InChI is InChI=1S/C30H31N3O2/c1-24(26-14-8-4-9-15-26)20-28(27-16-10-5-11-17-27)31(2)22-29(34)33-19-18-32(30(35)23-33)21-25-12-6-3-7-13-25/h3-17,20H,1,18-19,21-23H2,2H3/b28-20-. The SMILES string of the molecule is C=C(/C=C(/c1ccccc1)N(C)CC(=O)N1CCN(Cc2ccccc2)C(=O)C1)c1ccccc1. The van der Waals surface area contributed by atoms with E-state index in [2.05, 4.69) is 6.58 Å². The van der Waals surface area contributed by atoms with Gasteiger partial charge in [0.2, 0.25) is 11.8 Å². The predicted octanol–water partition coefficient (Wildman–Crippen LogP) is 4.54. The van der Waals surface area contributed by atoms with Gasteiger partial charge in [-0.15, -0.1) is 0 Å². The molecule has 0 aliphatic carbocycles. The van der Waals surface area contributed by atoms with Gasteiger partial charge in [-0.05, 0) is 28.3 Å².